The molecule has 0 saturated heterocycles. The highest BCUT2D eigenvalue weighted by molar-refractivity contribution is 7.89. The highest BCUT2D eigenvalue weighted by Gasteiger charge is 2.19. The molecule has 0 aromatic heterocycles. The van der Waals surface area contributed by atoms with E-state index in [1.54, 1.807) is 7.11 Å². The molecule has 0 aliphatic heterocycles. The summed E-state index contributed by atoms with van der Waals surface area (Å²) in [4.78, 5) is 0. The van der Waals surface area contributed by atoms with Crippen molar-refractivity contribution >= 4 is 10.0 Å². The third-order valence-corrected chi connectivity index (χ3v) is 4.89. The number of rotatable bonds is 10. The minimum atomic E-state index is -3.20. The largest absolute Gasteiger partial charge is 0.497 e. The van der Waals surface area contributed by atoms with Crippen LogP contribution < -0.4 is 14.8 Å². The number of ether oxygens (including phenoxy) is 1. The van der Waals surface area contributed by atoms with Crippen molar-refractivity contribution in [3.8, 4) is 5.75 Å². The summed E-state index contributed by atoms with van der Waals surface area (Å²) in [5.41, 5.74) is 0.897. The number of sulfonamides is 1. The van der Waals surface area contributed by atoms with Crippen molar-refractivity contribution in [3.63, 3.8) is 0 Å². The fourth-order valence-corrected chi connectivity index (χ4v) is 3.17. The standard InChI is InChI=1S/C15H24N2O3S/c1-20-15-6-4-5-13(11-15)12-17-21(18,19)10-3-2-9-16-14-7-8-14/h4-6,11,14,16-17H,2-3,7-10,12H2,1H3. The van der Waals surface area contributed by atoms with Gasteiger partial charge >= 0.3 is 0 Å². The molecule has 0 heterocycles. The number of nitrogens with one attached hydrogen (secondary N) is 2. The second-order valence-electron chi connectivity index (χ2n) is 5.43. The highest BCUT2D eigenvalue weighted by Crippen LogP contribution is 2.18. The van der Waals surface area contributed by atoms with Crippen LogP contribution in [0.4, 0.5) is 0 Å². The van der Waals surface area contributed by atoms with E-state index in [0.29, 0.717) is 19.0 Å². The highest BCUT2D eigenvalue weighted by atomic mass is 32.2. The number of unbranched alkanes of at least 4 members (excludes halogenated alkanes) is 1. The van der Waals surface area contributed by atoms with Crippen LogP contribution in [-0.2, 0) is 16.6 Å². The summed E-state index contributed by atoms with van der Waals surface area (Å²) in [5.74, 6) is 0.918. The van der Waals surface area contributed by atoms with Gasteiger partial charge in [-0.1, -0.05) is 12.1 Å². The Hall–Kier alpha value is -1.11. The van der Waals surface area contributed by atoms with Crippen LogP contribution in [0.25, 0.3) is 0 Å². The lowest BCUT2D eigenvalue weighted by Gasteiger charge is -2.08. The zero-order valence-electron chi connectivity index (χ0n) is 12.5. The van der Waals surface area contributed by atoms with Gasteiger partial charge < -0.3 is 10.1 Å². The molecule has 1 aliphatic carbocycles. The zero-order chi connectivity index (χ0) is 15.1. The molecule has 1 aromatic rings. The van der Waals surface area contributed by atoms with Crippen LogP contribution in [0.1, 0.15) is 31.2 Å². The normalized spacial score (nSPS) is 15.1. The molecule has 0 unspecified atom stereocenters. The van der Waals surface area contributed by atoms with Crippen LogP contribution in [0.15, 0.2) is 24.3 Å². The van der Waals surface area contributed by atoms with Crippen molar-refractivity contribution in [2.24, 2.45) is 0 Å². The molecule has 118 valence electrons. The van der Waals surface area contributed by atoms with E-state index in [2.05, 4.69) is 10.0 Å². The summed E-state index contributed by atoms with van der Waals surface area (Å²) >= 11 is 0. The summed E-state index contributed by atoms with van der Waals surface area (Å²) < 4.78 is 31.6. The predicted molar refractivity (Wildman–Crippen MR) is 83.9 cm³/mol. The monoisotopic (exact) mass is 312 g/mol. The lowest BCUT2D eigenvalue weighted by molar-refractivity contribution is 0.414. The van der Waals surface area contributed by atoms with Gasteiger partial charge in [-0.2, -0.15) is 0 Å². The van der Waals surface area contributed by atoms with Crippen molar-refractivity contribution in [2.45, 2.75) is 38.3 Å². The fraction of sp³-hybridized carbons (Fsp3) is 0.600. The lowest BCUT2D eigenvalue weighted by Crippen LogP contribution is -2.26. The molecular formula is C15H24N2O3S. The van der Waals surface area contributed by atoms with Crippen LogP contribution >= 0.6 is 0 Å². The van der Waals surface area contributed by atoms with Crippen molar-refractivity contribution in [1.29, 1.82) is 0 Å². The van der Waals surface area contributed by atoms with Gasteiger partial charge in [-0.15, -0.1) is 0 Å². The fourth-order valence-electron chi connectivity index (χ4n) is 2.06. The molecule has 0 bridgehead atoms. The molecular weight excluding hydrogens is 288 g/mol. The topological polar surface area (TPSA) is 67.4 Å². The van der Waals surface area contributed by atoms with Crippen LogP contribution in [0.3, 0.4) is 0 Å². The van der Waals surface area contributed by atoms with Gasteiger partial charge in [0, 0.05) is 12.6 Å². The molecule has 1 aromatic carbocycles. The minimum absolute atomic E-state index is 0.184. The van der Waals surface area contributed by atoms with Gasteiger partial charge in [0.15, 0.2) is 0 Å². The van der Waals surface area contributed by atoms with Gasteiger partial charge in [0.1, 0.15) is 5.75 Å². The first kappa shape index (κ1) is 16.3. The van der Waals surface area contributed by atoms with Crippen molar-refractivity contribution < 1.29 is 13.2 Å². The first-order chi connectivity index (χ1) is 10.1. The second kappa shape index (κ2) is 7.77. The van der Waals surface area contributed by atoms with Gasteiger partial charge in [-0.25, -0.2) is 13.1 Å². The average molecular weight is 312 g/mol. The van der Waals surface area contributed by atoms with Crippen LogP contribution in [0.5, 0.6) is 5.75 Å². The average Bonchev–Trinajstić information content (AvgIpc) is 3.29. The smallest absolute Gasteiger partial charge is 0.211 e. The number of benzene rings is 1. The molecule has 2 rings (SSSR count). The van der Waals surface area contributed by atoms with Crippen LogP contribution in [0.2, 0.25) is 0 Å². The molecule has 0 atom stereocenters. The minimum Gasteiger partial charge on any atom is -0.497 e. The molecule has 5 nitrogen and oxygen atoms in total. The maximum absolute atomic E-state index is 11.9. The summed E-state index contributed by atoms with van der Waals surface area (Å²) in [7, 11) is -1.61. The zero-order valence-corrected chi connectivity index (χ0v) is 13.3. The molecule has 2 N–H and O–H groups in total. The van der Waals surface area contributed by atoms with Gasteiger partial charge in [0.2, 0.25) is 10.0 Å². The maximum atomic E-state index is 11.9. The predicted octanol–water partition coefficient (Wildman–Crippen LogP) is 1.65. The van der Waals surface area contributed by atoms with Gasteiger partial charge in [0.05, 0.1) is 12.9 Å². The van der Waals surface area contributed by atoms with Gasteiger partial charge in [-0.3, -0.25) is 0 Å². The van der Waals surface area contributed by atoms with E-state index >= 15 is 0 Å². The molecule has 21 heavy (non-hydrogen) atoms. The Balaban J connectivity index is 1.67. The summed E-state index contributed by atoms with van der Waals surface area (Å²) in [6, 6.07) is 8.09. The number of hydrogen-bond acceptors (Lipinski definition) is 4. The Morgan fingerprint density at radius 1 is 1.29 bits per heavy atom. The summed E-state index contributed by atoms with van der Waals surface area (Å²) in [5, 5.41) is 3.38. The first-order valence-corrected chi connectivity index (χ1v) is 9.08. The Morgan fingerprint density at radius 2 is 2.10 bits per heavy atom. The maximum Gasteiger partial charge on any atom is 0.211 e. The van der Waals surface area contributed by atoms with Crippen molar-refractivity contribution in [1.82, 2.24) is 10.0 Å². The van der Waals surface area contributed by atoms with Crippen LogP contribution in [0, 0.1) is 0 Å². The Bertz CT molecular complexity index is 542. The number of hydrogen-bond donors (Lipinski definition) is 2. The SMILES string of the molecule is COc1cccc(CNS(=O)(=O)CCCCNC2CC2)c1. The molecule has 6 heteroatoms. The third-order valence-electron chi connectivity index (χ3n) is 3.48. The molecule has 1 saturated carbocycles. The molecule has 1 fully saturated rings. The first-order valence-electron chi connectivity index (χ1n) is 7.43. The molecule has 0 radical (unpaired) electrons. The quantitative estimate of drug-likeness (QED) is 0.645. The summed E-state index contributed by atoms with van der Waals surface area (Å²) in [6.45, 7) is 1.22. The van der Waals surface area contributed by atoms with E-state index in [1.807, 2.05) is 24.3 Å². The second-order valence-corrected chi connectivity index (χ2v) is 7.35. The number of methoxy groups -OCH3 is 1. The van der Waals surface area contributed by atoms with E-state index in [9.17, 15) is 8.42 Å². The molecule has 0 spiro atoms. The van der Waals surface area contributed by atoms with Crippen LogP contribution in [-0.4, -0.2) is 33.9 Å². The van der Waals surface area contributed by atoms with Gasteiger partial charge in [-0.05, 0) is 49.9 Å². The van der Waals surface area contributed by atoms with E-state index < -0.39 is 10.0 Å². The van der Waals surface area contributed by atoms with Gasteiger partial charge in [0.25, 0.3) is 0 Å². The van der Waals surface area contributed by atoms with E-state index in [-0.39, 0.29) is 5.75 Å². The Morgan fingerprint density at radius 3 is 2.81 bits per heavy atom. The third kappa shape index (κ3) is 6.46. The van der Waals surface area contributed by atoms with E-state index in [4.69, 9.17) is 4.74 Å². The molecule has 1 aliphatic rings. The summed E-state index contributed by atoms with van der Waals surface area (Å²) in [6.07, 6.45) is 4.12. The Labute approximate surface area is 127 Å². The van der Waals surface area contributed by atoms with Crippen molar-refractivity contribution in [2.75, 3.05) is 19.4 Å². The van der Waals surface area contributed by atoms with Crippen molar-refractivity contribution in [3.05, 3.63) is 29.8 Å². The van der Waals surface area contributed by atoms with E-state index in [1.165, 1.54) is 12.8 Å². The Kier molecular flexibility index (Phi) is 6.02. The lowest BCUT2D eigenvalue weighted by atomic mass is 10.2. The molecule has 0 amide bonds. The van der Waals surface area contributed by atoms with E-state index in [0.717, 1.165) is 24.3 Å².